The maximum Gasteiger partial charge on any atom is 0.130 e. The fraction of sp³-hybridized carbons (Fsp3) is 0.600. The largest absolute Gasteiger partial charge is 0.496 e. The average Bonchev–Trinajstić information content (AvgIpc) is 2.91. The summed E-state index contributed by atoms with van der Waals surface area (Å²) in [6, 6.07) is 4.51. The summed E-state index contributed by atoms with van der Waals surface area (Å²) >= 11 is 0. The molecule has 1 aromatic rings. The first kappa shape index (κ1) is 14.2. The minimum atomic E-state index is -0.00449. The van der Waals surface area contributed by atoms with E-state index in [1.807, 2.05) is 19.1 Å². The van der Waals surface area contributed by atoms with Crippen LogP contribution in [0.15, 0.2) is 12.1 Å². The van der Waals surface area contributed by atoms with Crippen LogP contribution in [-0.2, 0) is 0 Å². The van der Waals surface area contributed by atoms with Crippen molar-refractivity contribution in [1.82, 2.24) is 5.32 Å². The maximum absolute atomic E-state index is 6.35. The van der Waals surface area contributed by atoms with Gasteiger partial charge in [-0.3, -0.25) is 0 Å². The van der Waals surface area contributed by atoms with Crippen LogP contribution in [0.5, 0.6) is 11.5 Å². The maximum atomic E-state index is 6.35. The van der Waals surface area contributed by atoms with Gasteiger partial charge in [0, 0.05) is 23.2 Å². The Morgan fingerprint density at radius 3 is 2.74 bits per heavy atom. The van der Waals surface area contributed by atoms with Crippen molar-refractivity contribution in [1.29, 1.82) is 0 Å². The molecule has 1 saturated heterocycles. The molecule has 0 spiro atoms. The Kier molecular flexibility index (Phi) is 4.66. The molecule has 0 amide bonds. The number of benzene rings is 1. The molecule has 4 heteroatoms. The highest BCUT2D eigenvalue weighted by Gasteiger charge is 2.22. The van der Waals surface area contributed by atoms with Gasteiger partial charge in [0.2, 0.25) is 0 Å². The Morgan fingerprint density at radius 1 is 1.37 bits per heavy atom. The lowest BCUT2D eigenvalue weighted by Gasteiger charge is -2.21. The van der Waals surface area contributed by atoms with Crippen LogP contribution in [0.1, 0.15) is 36.4 Å². The summed E-state index contributed by atoms with van der Waals surface area (Å²) in [4.78, 5) is 0. The van der Waals surface area contributed by atoms with Crippen molar-refractivity contribution in [2.45, 2.75) is 38.3 Å². The highest BCUT2D eigenvalue weighted by atomic mass is 16.5. The van der Waals surface area contributed by atoms with Gasteiger partial charge in [-0.05, 0) is 38.8 Å². The van der Waals surface area contributed by atoms with E-state index in [0.29, 0.717) is 6.04 Å². The van der Waals surface area contributed by atoms with E-state index in [-0.39, 0.29) is 6.04 Å². The first-order chi connectivity index (χ1) is 9.17. The number of ether oxygens (including phenoxy) is 2. The van der Waals surface area contributed by atoms with Crippen molar-refractivity contribution >= 4 is 0 Å². The number of methoxy groups -OCH3 is 2. The molecule has 3 N–H and O–H groups in total. The van der Waals surface area contributed by atoms with Crippen LogP contribution >= 0.6 is 0 Å². The SMILES string of the molecule is COc1ccc(C(N)CC2CCCN2)c(OC)c1C. The van der Waals surface area contributed by atoms with Gasteiger partial charge in [0.1, 0.15) is 11.5 Å². The van der Waals surface area contributed by atoms with E-state index in [2.05, 4.69) is 5.32 Å². The Balaban J connectivity index is 2.20. The van der Waals surface area contributed by atoms with Crippen LogP contribution in [-0.4, -0.2) is 26.8 Å². The molecule has 2 unspecified atom stereocenters. The van der Waals surface area contributed by atoms with Crippen LogP contribution in [0, 0.1) is 6.92 Å². The zero-order valence-corrected chi connectivity index (χ0v) is 12.0. The molecule has 0 aliphatic carbocycles. The van der Waals surface area contributed by atoms with Gasteiger partial charge in [-0.1, -0.05) is 6.07 Å². The first-order valence-electron chi connectivity index (χ1n) is 6.87. The van der Waals surface area contributed by atoms with Crippen LogP contribution in [0.2, 0.25) is 0 Å². The molecular formula is C15H24N2O2. The Labute approximate surface area is 115 Å². The molecule has 106 valence electrons. The highest BCUT2D eigenvalue weighted by molar-refractivity contribution is 5.50. The van der Waals surface area contributed by atoms with Crippen LogP contribution < -0.4 is 20.5 Å². The molecular weight excluding hydrogens is 240 g/mol. The second kappa shape index (κ2) is 6.26. The third-order valence-corrected chi connectivity index (χ3v) is 3.91. The van der Waals surface area contributed by atoms with Gasteiger partial charge in [-0.2, -0.15) is 0 Å². The minimum Gasteiger partial charge on any atom is -0.496 e. The Hall–Kier alpha value is -1.26. The van der Waals surface area contributed by atoms with Crippen LogP contribution in [0.4, 0.5) is 0 Å². The molecule has 4 nitrogen and oxygen atoms in total. The molecule has 2 atom stereocenters. The van der Waals surface area contributed by atoms with Gasteiger partial charge in [-0.25, -0.2) is 0 Å². The molecule has 0 radical (unpaired) electrons. The standard InChI is InChI=1S/C15H24N2O2/c1-10-14(18-2)7-6-12(15(10)19-3)13(16)9-11-5-4-8-17-11/h6-7,11,13,17H,4-5,8-9,16H2,1-3H3. The van der Waals surface area contributed by atoms with E-state index in [0.717, 1.165) is 35.6 Å². The molecule has 1 fully saturated rings. The predicted molar refractivity (Wildman–Crippen MR) is 76.9 cm³/mol. The van der Waals surface area contributed by atoms with Crippen molar-refractivity contribution in [2.24, 2.45) is 5.73 Å². The number of rotatable bonds is 5. The van der Waals surface area contributed by atoms with E-state index < -0.39 is 0 Å². The Morgan fingerprint density at radius 2 is 2.16 bits per heavy atom. The third kappa shape index (κ3) is 3.01. The molecule has 1 aliphatic rings. The van der Waals surface area contributed by atoms with Crippen molar-refractivity contribution in [2.75, 3.05) is 20.8 Å². The molecule has 1 aromatic carbocycles. The number of nitrogens with two attached hydrogens (primary N) is 1. The van der Waals surface area contributed by atoms with E-state index in [4.69, 9.17) is 15.2 Å². The van der Waals surface area contributed by atoms with Crippen molar-refractivity contribution in [3.8, 4) is 11.5 Å². The van der Waals surface area contributed by atoms with Gasteiger partial charge in [0.25, 0.3) is 0 Å². The van der Waals surface area contributed by atoms with Gasteiger partial charge < -0.3 is 20.5 Å². The lowest BCUT2D eigenvalue weighted by molar-refractivity contribution is 0.379. The molecule has 1 aliphatic heterocycles. The molecule has 19 heavy (non-hydrogen) atoms. The fourth-order valence-electron chi connectivity index (χ4n) is 2.87. The predicted octanol–water partition coefficient (Wildman–Crippen LogP) is 2.15. The Bertz CT molecular complexity index is 428. The van der Waals surface area contributed by atoms with E-state index in [1.54, 1.807) is 14.2 Å². The van der Waals surface area contributed by atoms with E-state index in [9.17, 15) is 0 Å². The lowest BCUT2D eigenvalue weighted by atomic mass is 9.96. The normalized spacial score (nSPS) is 20.3. The van der Waals surface area contributed by atoms with Crippen LogP contribution in [0.3, 0.4) is 0 Å². The number of hydrogen-bond donors (Lipinski definition) is 2. The molecule has 2 rings (SSSR count). The smallest absolute Gasteiger partial charge is 0.130 e. The third-order valence-electron chi connectivity index (χ3n) is 3.91. The monoisotopic (exact) mass is 264 g/mol. The van der Waals surface area contributed by atoms with E-state index in [1.165, 1.54) is 12.8 Å². The van der Waals surface area contributed by atoms with Gasteiger partial charge >= 0.3 is 0 Å². The average molecular weight is 264 g/mol. The summed E-state index contributed by atoms with van der Waals surface area (Å²) in [6.07, 6.45) is 3.41. The van der Waals surface area contributed by atoms with Gasteiger partial charge in [-0.15, -0.1) is 0 Å². The quantitative estimate of drug-likeness (QED) is 0.855. The zero-order chi connectivity index (χ0) is 13.8. The summed E-state index contributed by atoms with van der Waals surface area (Å²) in [5.74, 6) is 1.69. The zero-order valence-electron chi connectivity index (χ0n) is 12.0. The first-order valence-corrected chi connectivity index (χ1v) is 6.87. The molecule has 1 heterocycles. The summed E-state index contributed by atoms with van der Waals surface area (Å²) < 4.78 is 10.8. The van der Waals surface area contributed by atoms with Gasteiger partial charge in [0.05, 0.1) is 14.2 Å². The minimum absolute atomic E-state index is 0.00449. The van der Waals surface area contributed by atoms with E-state index >= 15 is 0 Å². The molecule has 0 aromatic heterocycles. The summed E-state index contributed by atoms with van der Waals surface area (Å²) in [7, 11) is 3.36. The summed E-state index contributed by atoms with van der Waals surface area (Å²) in [5.41, 5.74) is 8.43. The lowest BCUT2D eigenvalue weighted by Crippen LogP contribution is -2.27. The topological polar surface area (TPSA) is 56.5 Å². The summed E-state index contributed by atoms with van der Waals surface area (Å²) in [5, 5.41) is 3.49. The second-order valence-corrected chi connectivity index (χ2v) is 5.15. The van der Waals surface area contributed by atoms with Crippen molar-refractivity contribution < 1.29 is 9.47 Å². The van der Waals surface area contributed by atoms with Crippen molar-refractivity contribution in [3.05, 3.63) is 23.3 Å². The fourth-order valence-corrected chi connectivity index (χ4v) is 2.87. The van der Waals surface area contributed by atoms with Crippen molar-refractivity contribution in [3.63, 3.8) is 0 Å². The van der Waals surface area contributed by atoms with Gasteiger partial charge in [0.15, 0.2) is 0 Å². The molecule has 0 saturated carbocycles. The highest BCUT2D eigenvalue weighted by Crippen LogP contribution is 2.35. The molecule has 0 bridgehead atoms. The number of nitrogens with one attached hydrogen (secondary N) is 1. The van der Waals surface area contributed by atoms with Crippen LogP contribution in [0.25, 0.3) is 0 Å². The second-order valence-electron chi connectivity index (χ2n) is 5.15. The summed E-state index contributed by atoms with van der Waals surface area (Å²) in [6.45, 7) is 3.11. The number of hydrogen-bond acceptors (Lipinski definition) is 4.